The van der Waals surface area contributed by atoms with Crippen molar-refractivity contribution in [2.45, 2.75) is 47.6 Å². The lowest BCUT2D eigenvalue weighted by Gasteiger charge is -2.17. The third-order valence-electron chi connectivity index (χ3n) is 5.09. The van der Waals surface area contributed by atoms with Gasteiger partial charge in [0.1, 0.15) is 5.25 Å². The zero-order chi connectivity index (χ0) is 23.5. The number of carbonyl (C=O) groups is 1. The number of unbranched alkanes of at least 4 members (excludes halogenated alkanes) is 3. The highest BCUT2D eigenvalue weighted by Gasteiger charge is 2.22. The quantitative estimate of drug-likeness (QED) is 0.245. The zero-order valence-corrected chi connectivity index (χ0v) is 20.4. The van der Waals surface area contributed by atoms with Gasteiger partial charge in [-0.3, -0.25) is 4.79 Å². The highest BCUT2D eigenvalue weighted by Crippen LogP contribution is 2.36. The second kappa shape index (κ2) is 12.6. The van der Waals surface area contributed by atoms with Crippen LogP contribution in [0.5, 0.6) is 0 Å². The van der Waals surface area contributed by atoms with Crippen molar-refractivity contribution in [1.82, 2.24) is 4.72 Å². The average Bonchev–Trinajstić information content (AvgIpc) is 2.84. The van der Waals surface area contributed by atoms with Crippen LogP contribution in [0.4, 0.5) is 5.69 Å². The maximum absolute atomic E-state index is 13.2. The summed E-state index contributed by atoms with van der Waals surface area (Å²) in [6.07, 6.45) is 4.03. The Labute approximate surface area is 201 Å². The number of benzene rings is 3. The van der Waals surface area contributed by atoms with Gasteiger partial charge in [-0.2, -0.15) is 0 Å². The number of hydrogen-bond donors (Lipinski definition) is 2. The normalized spacial score (nSPS) is 12.3. The lowest BCUT2D eigenvalue weighted by Crippen LogP contribution is -2.25. The molecule has 3 rings (SSSR count). The van der Waals surface area contributed by atoms with Crippen LogP contribution in [0.2, 0.25) is 0 Å². The molecule has 0 saturated carbocycles. The summed E-state index contributed by atoms with van der Waals surface area (Å²) in [5, 5.41) is 2.49. The monoisotopic (exact) mass is 482 g/mol. The Kier molecular flexibility index (Phi) is 9.54. The minimum atomic E-state index is -3.56. The van der Waals surface area contributed by atoms with E-state index in [9.17, 15) is 13.2 Å². The molecule has 174 valence electrons. The molecule has 0 fully saturated rings. The molecule has 1 atom stereocenters. The second-order valence-corrected chi connectivity index (χ2v) is 10.6. The van der Waals surface area contributed by atoms with Crippen LogP contribution in [-0.2, 0) is 14.8 Å². The van der Waals surface area contributed by atoms with E-state index in [0.717, 1.165) is 36.1 Å². The number of anilines is 1. The van der Waals surface area contributed by atoms with E-state index in [1.807, 2.05) is 60.7 Å². The fraction of sp³-hybridized carbons (Fsp3) is 0.269. The van der Waals surface area contributed by atoms with Gasteiger partial charge in [0, 0.05) is 17.1 Å². The molecule has 0 bridgehead atoms. The highest BCUT2D eigenvalue weighted by atomic mass is 32.2. The smallest absolute Gasteiger partial charge is 0.242 e. The Hall–Kier alpha value is -2.61. The first-order valence-electron chi connectivity index (χ1n) is 11.2. The summed E-state index contributed by atoms with van der Waals surface area (Å²) in [7, 11) is -3.56. The van der Waals surface area contributed by atoms with E-state index in [1.165, 1.54) is 23.9 Å². The van der Waals surface area contributed by atoms with Gasteiger partial charge in [-0.05, 0) is 48.4 Å². The van der Waals surface area contributed by atoms with E-state index >= 15 is 0 Å². The van der Waals surface area contributed by atoms with E-state index in [1.54, 1.807) is 12.1 Å². The first kappa shape index (κ1) is 25.0. The third kappa shape index (κ3) is 7.74. The molecule has 0 aliphatic carbocycles. The number of amides is 1. The van der Waals surface area contributed by atoms with Crippen molar-refractivity contribution < 1.29 is 13.2 Å². The molecule has 3 aromatic rings. The Bertz CT molecular complexity index is 1100. The van der Waals surface area contributed by atoms with Crippen molar-refractivity contribution in [1.29, 1.82) is 0 Å². The minimum Gasteiger partial charge on any atom is -0.325 e. The summed E-state index contributed by atoms with van der Waals surface area (Å²) in [5.74, 6) is -0.167. The van der Waals surface area contributed by atoms with E-state index in [2.05, 4.69) is 17.0 Å². The third-order valence-corrected chi connectivity index (χ3v) is 7.84. The SMILES string of the molecule is CCCCCCNS(=O)(=O)c1ccc(NC(=O)C(Sc2ccccc2)c2ccccc2)cc1. The molecule has 7 heteroatoms. The number of nitrogens with one attached hydrogen (secondary N) is 2. The van der Waals surface area contributed by atoms with E-state index in [-0.39, 0.29) is 10.8 Å². The van der Waals surface area contributed by atoms with Crippen LogP contribution in [0.15, 0.2) is 94.7 Å². The first-order chi connectivity index (χ1) is 16.0. The van der Waals surface area contributed by atoms with Gasteiger partial charge in [0.15, 0.2) is 0 Å². The van der Waals surface area contributed by atoms with Gasteiger partial charge in [-0.25, -0.2) is 13.1 Å². The van der Waals surface area contributed by atoms with Crippen molar-refractivity contribution >= 4 is 33.4 Å². The molecule has 1 amide bonds. The van der Waals surface area contributed by atoms with Crippen LogP contribution in [0, 0.1) is 0 Å². The zero-order valence-electron chi connectivity index (χ0n) is 18.7. The first-order valence-corrected chi connectivity index (χ1v) is 13.5. The van der Waals surface area contributed by atoms with Crippen LogP contribution in [0.25, 0.3) is 0 Å². The van der Waals surface area contributed by atoms with Crippen molar-refractivity contribution in [3.8, 4) is 0 Å². The molecular formula is C26H30N2O3S2. The van der Waals surface area contributed by atoms with Crippen LogP contribution < -0.4 is 10.0 Å². The summed E-state index contributed by atoms with van der Waals surface area (Å²) in [6.45, 7) is 2.54. The summed E-state index contributed by atoms with van der Waals surface area (Å²) in [5.41, 5.74) is 1.45. The molecule has 33 heavy (non-hydrogen) atoms. The Morgan fingerprint density at radius 3 is 2.12 bits per heavy atom. The fourth-order valence-corrected chi connectivity index (χ4v) is 5.42. The van der Waals surface area contributed by atoms with Crippen molar-refractivity contribution in [2.75, 3.05) is 11.9 Å². The summed E-state index contributed by atoms with van der Waals surface area (Å²) < 4.78 is 27.6. The largest absolute Gasteiger partial charge is 0.325 e. The Balaban J connectivity index is 1.67. The number of thioether (sulfide) groups is 1. The average molecular weight is 483 g/mol. The summed E-state index contributed by atoms with van der Waals surface area (Å²) in [6, 6.07) is 25.7. The van der Waals surface area contributed by atoms with Crippen LogP contribution >= 0.6 is 11.8 Å². The molecule has 0 aliphatic heterocycles. The van der Waals surface area contributed by atoms with Crippen molar-refractivity contribution in [3.63, 3.8) is 0 Å². The maximum atomic E-state index is 13.2. The van der Waals surface area contributed by atoms with Gasteiger partial charge in [0.05, 0.1) is 4.90 Å². The van der Waals surface area contributed by atoms with Gasteiger partial charge < -0.3 is 5.32 Å². The predicted molar refractivity (Wildman–Crippen MR) is 136 cm³/mol. The maximum Gasteiger partial charge on any atom is 0.242 e. The topological polar surface area (TPSA) is 75.3 Å². The minimum absolute atomic E-state index is 0.167. The summed E-state index contributed by atoms with van der Waals surface area (Å²) >= 11 is 1.47. The van der Waals surface area contributed by atoms with Crippen molar-refractivity contribution in [3.05, 3.63) is 90.5 Å². The fourth-order valence-electron chi connectivity index (χ4n) is 3.30. The molecular weight excluding hydrogens is 452 g/mol. The van der Waals surface area contributed by atoms with Gasteiger partial charge >= 0.3 is 0 Å². The van der Waals surface area contributed by atoms with Crippen LogP contribution in [0.3, 0.4) is 0 Å². The highest BCUT2D eigenvalue weighted by molar-refractivity contribution is 8.00. The second-order valence-electron chi connectivity index (χ2n) is 7.69. The summed E-state index contributed by atoms with van der Waals surface area (Å²) in [4.78, 5) is 14.3. The van der Waals surface area contributed by atoms with E-state index in [0.29, 0.717) is 12.2 Å². The van der Waals surface area contributed by atoms with E-state index in [4.69, 9.17) is 0 Å². The van der Waals surface area contributed by atoms with Gasteiger partial charge in [0.2, 0.25) is 15.9 Å². The van der Waals surface area contributed by atoms with Gasteiger partial charge in [0.25, 0.3) is 0 Å². The van der Waals surface area contributed by atoms with Gasteiger partial charge in [-0.15, -0.1) is 11.8 Å². The number of rotatable bonds is 12. The Morgan fingerprint density at radius 1 is 0.848 bits per heavy atom. The number of sulfonamides is 1. The molecule has 3 aromatic carbocycles. The number of hydrogen-bond acceptors (Lipinski definition) is 4. The molecule has 1 unspecified atom stereocenters. The predicted octanol–water partition coefficient (Wildman–Crippen LogP) is 6.02. The molecule has 0 radical (unpaired) electrons. The van der Waals surface area contributed by atoms with Gasteiger partial charge in [-0.1, -0.05) is 74.7 Å². The van der Waals surface area contributed by atoms with Crippen LogP contribution in [0.1, 0.15) is 43.4 Å². The molecule has 0 aromatic heterocycles. The molecule has 5 nitrogen and oxygen atoms in total. The molecule has 2 N–H and O–H groups in total. The molecule has 0 spiro atoms. The van der Waals surface area contributed by atoms with Crippen molar-refractivity contribution in [2.24, 2.45) is 0 Å². The molecule has 0 aliphatic rings. The Morgan fingerprint density at radius 2 is 1.48 bits per heavy atom. The van der Waals surface area contributed by atoms with Crippen LogP contribution in [-0.4, -0.2) is 20.9 Å². The van der Waals surface area contributed by atoms with E-state index < -0.39 is 15.3 Å². The lowest BCUT2D eigenvalue weighted by molar-refractivity contribution is -0.115. The number of carbonyl (C=O) groups excluding carboxylic acids is 1. The standard InChI is InChI=1S/C26H30N2O3S2/c1-2-3-4-11-20-27-33(30,31)24-18-16-22(17-19-24)28-26(29)25(21-12-7-5-8-13-21)32-23-14-9-6-10-15-23/h5-10,12-19,25,27H,2-4,11,20H2,1H3,(H,28,29). The molecule has 0 heterocycles. The molecule has 0 saturated heterocycles. The lowest BCUT2D eigenvalue weighted by atomic mass is 10.1.